The Balaban J connectivity index is 1.60. The Bertz CT molecular complexity index is 753. The van der Waals surface area contributed by atoms with Crippen LogP contribution in [-0.4, -0.2) is 51.7 Å². The number of carbonyl (C=O) groups excluding carboxylic acids is 1. The number of nitrogens with zero attached hydrogens (tertiary/aromatic N) is 4. The second kappa shape index (κ2) is 7.03. The van der Waals surface area contributed by atoms with Crippen molar-refractivity contribution in [2.24, 2.45) is 7.05 Å². The largest absolute Gasteiger partial charge is 0.335 e. The molecule has 1 aromatic carbocycles. The van der Waals surface area contributed by atoms with Crippen LogP contribution in [0.1, 0.15) is 21.7 Å². The van der Waals surface area contributed by atoms with E-state index < -0.39 is 0 Å². The van der Waals surface area contributed by atoms with Crippen LogP contribution in [-0.2, 0) is 13.6 Å². The van der Waals surface area contributed by atoms with E-state index in [-0.39, 0.29) is 11.7 Å². The van der Waals surface area contributed by atoms with Crippen LogP contribution in [0.4, 0.5) is 4.39 Å². The molecule has 0 bridgehead atoms. The van der Waals surface area contributed by atoms with E-state index in [2.05, 4.69) is 25.9 Å². The van der Waals surface area contributed by atoms with Gasteiger partial charge in [0.1, 0.15) is 5.82 Å². The number of amides is 1. The normalized spacial score (nSPS) is 15.8. The second-order valence-corrected chi connectivity index (χ2v) is 6.86. The van der Waals surface area contributed by atoms with Gasteiger partial charge in [-0.05, 0) is 40.5 Å². The van der Waals surface area contributed by atoms with Crippen molar-refractivity contribution < 1.29 is 9.18 Å². The fraction of sp³-hybridized carbons (Fsp3) is 0.412. The van der Waals surface area contributed by atoms with Gasteiger partial charge in [-0.15, -0.1) is 0 Å². The third-order valence-electron chi connectivity index (χ3n) is 4.42. The van der Waals surface area contributed by atoms with Gasteiger partial charge in [0.2, 0.25) is 0 Å². The minimum Gasteiger partial charge on any atom is -0.335 e. The minimum absolute atomic E-state index is 0.0454. The van der Waals surface area contributed by atoms with E-state index in [0.717, 1.165) is 28.8 Å². The van der Waals surface area contributed by atoms with E-state index in [1.165, 1.54) is 6.07 Å². The number of benzene rings is 1. The SMILES string of the molecule is Cc1c(Br)c(C(=O)N2CCN(Cc3cccc(F)c3)CC2)nn1C. The molecular weight excluding hydrogens is 375 g/mol. The molecule has 0 radical (unpaired) electrons. The zero-order valence-corrected chi connectivity index (χ0v) is 15.4. The summed E-state index contributed by atoms with van der Waals surface area (Å²) in [6.07, 6.45) is 0. The zero-order chi connectivity index (χ0) is 17.3. The van der Waals surface area contributed by atoms with Gasteiger partial charge in [0, 0.05) is 39.8 Å². The monoisotopic (exact) mass is 394 g/mol. The van der Waals surface area contributed by atoms with E-state index in [1.807, 2.05) is 24.9 Å². The fourth-order valence-corrected chi connectivity index (χ4v) is 3.38. The lowest BCUT2D eigenvalue weighted by molar-refractivity contribution is 0.0621. The third kappa shape index (κ3) is 3.52. The maximum atomic E-state index is 13.3. The lowest BCUT2D eigenvalue weighted by atomic mass is 10.2. The topological polar surface area (TPSA) is 41.4 Å². The maximum absolute atomic E-state index is 13.3. The molecule has 1 amide bonds. The van der Waals surface area contributed by atoms with Crippen molar-refractivity contribution in [3.05, 3.63) is 51.5 Å². The van der Waals surface area contributed by atoms with Crippen LogP contribution in [0.2, 0.25) is 0 Å². The highest BCUT2D eigenvalue weighted by molar-refractivity contribution is 9.10. The highest BCUT2D eigenvalue weighted by Crippen LogP contribution is 2.22. The van der Waals surface area contributed by atoms with E-state index in [9.17, 15) is 9.18 Å². The van der Waals surface area contributed by atoms with Gasteiger partial charge in [-0.3, -0.25) is 14.4 Å². The molecule has 1 fully saturated rings. The number of rotatable bonds is 3. The van der Waals surface area contributed by atoms with Gasteiger partial charge in [-0.1, -0.05) is 12.1 Å². The molecule has 24 heavy (non-hydrogen) atoms. The summed E-state index contributed by atoms with van der Waals surface area (Å²) in [6, 6.07) is 6.66. The Labute approximate surface area is 149 Å². The van der Waals surface area contributed by atoms with Gasteiger partial charge in [-0.25, -0.2) is 4.39 Å². The summed E-state index contributed by atoms with van der Waals surface area (Å²) >= 11 is 3.45. The van der Waals surface area contributed by atoms with Crippen molar-refractivity contribution in [2.75, 3.05) is 26.2 Å². The molecule has 0 unspecified atom stereocenters. The lowest BCUT2D eigenvalue weighted by Gasteiger charge is -2.34. The summed E-state index contributed by atoms with van der Waals surface area (Å²) in [4.78, 5) is 16.7. The molecule has 7 heteroatoms. The third-order valence-corrected chi connectivity index (χ3v) is 5.37. The van der Waals surface area contributed by atoms with Gasteiger partial charge in [0.05, 0.1) is 10.2 Å². The summed E-state index contributed by atoms with van der Waals surface area (Å²) < 4.78 is 15.7. The molecule has 5 nitrogen and oxygen atoms in total. The molecule has 0 N–H and O–H groups in total. The molecule has 1 aliphatic rings. The molecule has 3 rings (SSSR count). The lowest BCUT2D eigenvalue weighted by Crippen LogP contribution is -2.48. The molecule has 2 aromatic rings. The number of aryl methyl sites for hydroxylation is 1. The van der Waals surface area contributed by atoms with E-state index in [0.29, 0.717) is 25.3 Å². The van der Waals surface area contributed by atoms with Gasteiger partial charge in [0.15, 0.2) is 5.69 Å². The van der Waals surface area contributed by atoms with Gasteiger partial charge in [-0.2, -0.15) is 5.10 Å². The first-order valence-electron chi connectivity index (χ1n) is 7.91. The Morgan fingerprint density at radius 3 is 2.58 bits per heavy atom. The fourth-order valence-electron chi connectivity index (χ4n) is 2.87. The summed E-state index contributed by atoms with van der Waals surface area (Å²) in [7, 11) is 1.83. The first-order chi connectivity index (χ1) is 11.5. The van der Waals surface area contributed by atoms with Gasteiger partial charge in [0.25, 0.3) is 5.91 Å². The van der Waals surface area contributed by atoms with Crippen LogP contribution in [0.5, 0.6) is 0 Å². The molecular formula is C17H20BrFN4O. The molecule has 0 saturated carbocycles. The number of hydrogen-bond donors (Lipinski definition) is 0. The standard InChI is InChI=1S/C17H20BrFN4O/c1-12-15(18)16(20-21(12)2)17(24)23-8-6-22(7-9-23)11-13-4-3-5-14(19)10-13/h3-5,10H,6-9,11H2,1-2H3. The predicted molar refractivity (Wildman–Crippen MR) is 93.2 cm³/mol. The zero-order valence-electron chi connectivity index (χ0n) is 13.8. The first kappa shape index (κ1) is 17.1. The summed E-state index contributed by atoms with van der Waals surface area (Å²) in [5.74, 6) is -0.257. The number of piperazine rings is 1. The molecule has 1 aromatic heterocycles. The summed E-state index contributed by atoms with van der Waals surface area (Å²) in [5, 5.41) is 4.30. The quantitative estimate of drug-likeness (QED) is 0.803. The van der Waals surface area contributed by atoms with Crippen molar-refractivity contribution >= 4 is 21.8 Å². The number of aromatic nitrogens is 2. The first-order valence-corrected chi connectivity index (χ1v) is 8.70. The van der Waals surface area contributed by atoms with Crippen LogP contribution in [0.3, 0.4) is 0 Å². The average molecular weight is 395 g/mol. The van der Waals surface area contributed by atoms with E-state index >= 15 is 0 Å². The molecule has 0 spiro atoms. The highest BCUT2D eigenvalue weighted by atomic mass is 79.9. The summed E-state index contributed by atoms with van der Waals surface area (Å²) in [5.41, 5.74) is 2.36. The van der Waals surface area contributed by atoms with Gasteiger partial charge < -0.3 is 4.90 Å². The van der Waals surface area contributed by atoms with Crippen LogP contribution in [0.15, 0.2) is 28.7 Å². The Hall–Kier alpha value is -1.73. The highest BCUT2D eigenvalue weighted by Gasteiger charge is 2.26. The van der Waals surface area contributed by atoms with E-state index in [4.69, 9.17) is 0 Å². The Morgan fingerprint density at radius 2 is 2.00 bits per heavy atom. The van der Waals surface area contributed by atoms with Crippen molar-refractivity contribution in [2.45, 2.75) is 13.5 Å². The van der Waals surface area contributed by atoms with Crippen LogP contribution in [0.25, 0.3) is 0 Å². The number of halogens is 2. The molecule has 2 heterocycles. The van der Waals surface area contributed by atoms with Crippen LogP contribution < -0.4 is 0 Å². The van der Waals surface area contributed by atoms with Crippen molar-refractivity contribution in [3.63, 3.8) is 0 Å². The Morgan fingerprint density at radius 1 is 1.29 bits per heavy atom. The number of hydrogen-bond acceptors (Lipinski definition) is 3. The smallest absolute Gasteiger partial charge is 0.275 e. The minimum atomic E-state index is -0.211. The molecule has 128 valence electrons. The predicted octanol–water partition coefficient (Wildman–Crippen LogP) is 2.59. The summed E-state index contributed by atoms with van der Waals surface area (Å²) in [6.45, 7) is 5.46. The van der Waals surface area contributed by atoms with Crippen LogP contribution >= 0.6 is 15.9 Å². The van der Waals surface area contributed by atoms with Crippen molar-refractivity contribution in [1.29, 1.82) is 0 Å². The van der Waals surface area contributed by atoms with Crippen molar-refractivity contribution in [3.8, 4) is 0 Å². The van der Waals surface area contributed by atoms with Crippen molar-refractivity contribution in [1.82, 2.24) is 19.6 Å². The molecule has 1 saturated heterocycles. The average Bonchev–Trinajstić information content (AvgIpc) is 2.82. The molecule has 0 aliphatic carbocycles. The second-order valence-electron chi connectivity index (χ2n) is 6.07. The molecule has 0 atom stereocenters. The number of carbonyl (C=O) groups is 1. The van der Waals surface area contributed by atoms with E-state index in [1.54, 1.807) is 16.8 Å². The molecule has 1 aliphatic heterocycles. The Kier molecular flexibility index (Phi) is 5.01. The maximum Gasteiger partial charge on any atom is 0.275 e. The van der Waals surface area contributed by atoms with Gasteiger partial charge >= 0.3 is 0 Å². The van der Waals surface area contributed by atoms with Crippen LogP contribution in [0, 0.1) is 12.7 Å².